The molecule has 2 aromatic heterocycles. The van der Waals surface area contributed by atoms with Crippen LogP contribution in [0.2, 0.25) is 5.02 Å². The summed E-state index contributed by atoms with van der Waals surface area (Å²) in [6.45, 7) is 1.62. The van der Waals surface area contributed by atoms with Crippen molar-refractivity contribution in [2.45, 2.75) is 26.4 Å². The van der Waals surface area contributed by atoms with E-state index in [1.807, 2.05) is 6.92 Å². The predicted octanol–water partition coefficient (Wildman–Crippen LogP) is 2.64. The first-order chi connectivity index (χ1) is 17.3. The van der Waals surface area contributed by atoms with Crippen LogP contribution in [0.5, 0.6) is 11.8 Å². The van der Waals surface area contributed by atoms with E-state index in [1.54, 1.807) is 60.8 Å². The SMILES string of the molecule is Cc1ccnc(Oc2ccc(/N=c3\[nH]c(=O)n(CCC(=O)O)c(=O)n3Cc3ccc(Cl)cc3)cc2)n1. The number of nitrogens with one attached hydrogen (secondary N) is 1. The maximum atomic E-state index is 13.2. The number of ether oxygens (including phenoxy) is 1. The summed E-state index contributed by atoms with van der Waals surface area (Å²) >= 11 is 5.96. The summed E-state index contributed by atoms with van der Waals surface area (Å²) in [5, 5.41) is 9.52. The Hall–Kier alpha value is -4.51. The number of aromatic amines is 1. The molecule has 4 rings (SSSR count). The Morgan fingerprint density at radius 1 is 1.08 bits per heavy atom. The number of aliphatic carboxylic acids is 1. The molecule has 4 aromatic rings. The van der Waals surface area contributed by atoms with Crippen LogP contribution in [-0.4, -0.2) is 35.2 Å². The molecule has 2 aromatic carbocycles. The summed E-state index contributed by atoms with van der Waals surface area (Å²) in [4.78, 5) is 52.0. The Labute approximate surface area is 209 Å². The van der Waals surface area contributed by atoms with E-state index in [0.29, 0.717) is 16.5 Å². The fourth-order valence-corrected chi connectivity index (χ4v) is 3.38. The van der Waals surface area contributed by atoms with E-state index in [9.17, 15) is 14.4 Å². The number of halogens is 1. The Morgan fingerprint density at radius 2 is 1.81 bits per heavy atom. The number of H-pyrrole nitrogens is 1. The number of rotatable bonds is 8. The molecular weight excluding hydrogens is 488 g/mol. The molecule has 0 aliphatic rings. The lowest BCUT2D eigenvalue weighted by molar-refractivity contribution is -0.137. The number of nitrogens with zero attached hydrogens (tertiary/aromatic N) is 5. The highest BCUT2D eigenvalue weighted by molar-refractivity contribution is 6.30. The zero-order chi connectivity index (χ0) is 25.7. The topological polar surface area (TPSA) is 144 Å². The van der Waals surface area contributed by atoms with Crippen molar-refractivity contribution in [2.75, 3.05) is 0 Å². The molecule has 0 spiro atoms. The van der Waals surface area contributed by atoms with Crippen LogP contribution in [-0.2, 0) is 17.9 Å². The Balaban J connectivity index is 1.72. The molecule has 0 unspecified atom stereocenters. The predicted molar refractivity (Wildman–Crippen MR) is 131 cm³/mol. The largest absolute Gasteiger partial charge is 0.481 e. The zero-order valence-corrected chi connectivity index (χ0v) is 19.8. The van der Waals surface area contributed by atoms with Gasteiger partial charge in [0.15, 0.2) is 0 Å². The van der Waals surface area contributed by atoms with Crippen LogP contribution in [0.15, 0.2) is 75.4 Å². The van der Waals surface area contributed by atoms with E-state index in [-0.39, 0.29) is 31.1 Å². The first kappa shape index (κ1) is 24.6. The molecule has 184 valence electrons. The van der Waals surface area contributed by atoms with Gasteiger partial charge in [-0.15, -0.1) is 0 Å². The molecule has 36 heavy (non-hydrogen) atoms. The minimum atomic E-state index is -1.13. The van der Waals surface area contributed by atoms with Gasteiger partial charge in [-0.3, -0.25) is 14.3 Å². The third-order valence-electron chi connectivity index (χ3n) is 5.04. The van der Waals surface area contributed by atoms with E-state index < -0.39 is 17.3 Å². The summed E-state index contributed by atoms with van der Waals surface area (Å²) in [6.07, 6.45) is 1.21. The molecule has 11 nitrogen and oxygen atoms in total. The van der Waals surface area contributed by atoms with Gasteiger partial charge in [-0.25, -0.2) is 29.1 Å². The van der Waals surface area contributed by atoms with Crippen molar-refractivity contribution in [3.8, 4) is 11.8 Å². The van der Waals surface area contributed by atoms with Gasteiger partial charge < -0.3 is 9.84 Å². The molecule has 12 heteroatoms. The van der Waals surface area contributed by atoms with Crippen molar-refractivity contribution >= 4 is 23.3 Å². The van der Waals surface area contributed by atoms with Gasteiger partial charge >= 0.3 is 23.4 Å². The first-order valence-electron chi connectivity index (χ1n) is 10.8. The van der Waals surface area contributed by atoms with Crippen molar-refractivity contribution in [3.63, 3.8) is 0 Å². The van der Waals surface area contributed by atoms with Gasteiger partial charge in [-0.2, -0.15) is 0 Å². The van der Waals surface area contributed by atoms with E-state index in [0.717, 1.165) is 15.8 Å². The Morgan fingerprint density at radius 3 is 2.47 bits per heavy atom. The normalized spacial score (nSPS) is 11.4. The standard InChI is InChI=1S/C24H21ClN6O5/c1-15-10-12-26-22(27-15)36-19-8-6-18(7-9-19)28-21-29-23(34)30(13-11-20(32)33)24(35)31(21)14-16-2-4-17(25)5-3-16/h2-10,12H,11,13-14H2,1H3,(H,32,33)(H,28,29,34). The average Bonchev–Trinajstić information content (AvgIpc) is 2.83. The number of aryl methyl sites for hydroxylation is 1. The zero-order valence-electron chi connectivity index (χ0n) is 19.1. The lowest BCUT2D eigenvalue weighted by Crippen LogP contribution is -2.50. The third-order valence-corrected chi connectivity index (χ3v) is 5.29. The van der Waals surface area contributed by atoms with Gasteiger partial charge in [0.2, 0.25) is 5.62 Å². The highest BCUT2D eigenvalue weighted by Gasteiger charge is 2.11. The van der Waals surface area contributed by atoms with Gasteiger partial charge in [0.1, 0.15) is 5.75 Å². The first-order valence-corrected chi connectivity index (χ1v) is 11.2. The van der Waals surface area contributed by atoms with Crippen LogP contribution >= 0.6 is 11.6 Å². The van der Waals surface area contributed by atoms with Gasteiger partial charge in [-0.05, 0) is 55.0 Å². The van der Waals surface area contributed by atoms with Crippen molar-refractivity contribution in [2.24, 2.45) is 4.99 Å². The number of aromatic nitrogens is 5. The number of hydrogen-bond acceptors (Lipinski definition) is 7. The lowest BCUT2D eigenvalue weighted by Gasteiger charge is -2.11. The highest BCUT2D eigenvalue weighted by Crippen LogP contribution is 2.21. The molecular formula is C24H21ClN6O5. The summed E-state index contributed by atoms with van der Waals surface area (Å²) in [5.41, 5.74) is 0.489. The molecule has 0 fully saturated rings. The van der Waals surface area contributed by atoms with Gasteiger partial charge in [0, 0.05) is 23.5 Å². The maximum Gasteiger partial charge on any atom is 0.335 e. The van der Waals surface area contributed by atoms with Crippen LogP contribution in [0.4, 0.5) is 5.69 Å². The molecule has 0 saturated carbocycles. The molecule has 0 aliphatic carbocycles. The van der Waals surface area contributed by atoms with Crippen molar-refractivity contribution in [1.29, 1.82) is 0 Å². The van der Waals surface area contributed by atoms with Crippen molar-refractivity contribution < 1.29 is 14.6 Å². The number of carboxylic acids is 1. The second kappa shape index (κ2) is 10.8. The van der Waals surface area contributed by atoms with Gasteiger partial charge in [-0.1, -0.05) is 23.7 Å². The number of carboxylic acid groups (broad SMARTS) is 1. The van der Waals surface area contributed by atoms with E-state index in [2.05, 4.69) is 19.9 Å². The summed E-state index contributed by atoms with van der Waals surface area (Å²) in [7, 11) is 0. The van der Waals surface area contributed by atoms with E-state index in [1.165, 1.54) is 4.57 Å². The molecule has 2 N–H and O–H groups in total. The molecule has 0 saturated heterocycles. The summed E-state index contributed by atoms with van der Waals surface area (Å²) in [5.74, 6) is -0.649. The van der Waals surface area contributed by atoms with Gasteiger partial charge in [0.05, 0.1) is 18.7 Å². The van der Waals surface area contributed by atoms with Crippen LogP contribution < -0.4 is 21.7 Å². The Bertz CT molecular complexity index is 1570. The monoisotopic (exact) mass is 508 g/mol. The van der Waals surface area contributed by atoms with Crippen LogP contribution in [0.25, 0.3) is 0 Å². The van der Waals surface area contributed by atoms with Crippen molar-refractivity contribution in [3.05, 3.63) is 104 Å². The molecule has 0 radical (unpaired) electrons. The van der Waals surface area contributed by atoms with Crippen LogP contribution in [0, 0.1) is 6.92 Å². The smallest absolute Gasteiger partial charge is 0.335 e. The highest BCUT2D eigenvalue weighted by atomic mass is 35.5. The number of carbonyl (C=O) groups is 1. The number of benzene rings is 2. The molecule has 0 amide bonds. The van der Waals surface area contributed by atoms with Crippen LogP contribution in [0.1, 0.15) is 17.7 Å². The second-order valence-electron chi connectivity index (χ2n) is 7.73. The minimum absolute atomic E-state index is 0.00205. The minimum Gasteiger partial charge on any atom is -0.481 e. The lowest BCUT2D eigenvalue weighted by atomic mass is 10.2. The quantitative estimate of drug-likeness (QED) is 0.372. The summed E-state index contributed by atoms with van der Waals surface area (Å²) < 4.78 is 7.73. The molecule has 2 heterocycles. The van der Waals surface area contributed by atoms with E-state index in [4.69, 9.17) is 21.4 Å². The number of hydrogen-bond donors (Lipinski definition) is 2. The molecule has 0 atom stereocenters. The fraction of sp³-hybridized carbons (Fsp3) is 0.167. The van der Waals surface area contributed by atoms with Gasteiger partial charge in [0.25, 0.3) is 0 Å². The second-order valence-corrected chi connectivity index (χ2v) is 8.17. The third kappa shape index (κ3) is 6.13. The van der Waals surface area contributed by atoms with E-state index >= 15 is 0 Å². The molecule has 0 bridgehead atoms. The Kier molecular flexibility index (Phi) is 7.40. The maximum absolute atomic E-state index is 13.2. The summed E-state index contributed by atoms with van der Waals surface area (Å²) in [6, 6.07) is 15.4. The molecule has 0 aliphatic heterocycles. The van der Waals surface area contributed by atoms with Crippen molar-refractivity contribution in [1.82, 2.24) is 24.1 Å². The average molecular weight is 509 g/mol. The van der Waals surface area contributed by atoms with Crippen LogP contribution in [0.3, 0.4) is 0 Å². The fourth-order valence-electron chi connectivity index (χ4n) is 3.25.